The minimum absolute atomic E-state index is 0.295. The number of carbonyl (C=O) groups excluding carboxylic acids is 1. The third kappa shape index (κ3) is 6.92. The fraction of sp³-hybridized carbons (Fsp3) is 0.609. The average Bonchev–Trinajstić information content (AvgIpc) is 2.76. The zero-order valence-corrected chi connectivity index (χ0v) is 21.3. The summed E-state index contributed by atoms with van der Waals surface area (Å²) in [7, 11) is -0.529. The topological polar surface area (TPSA) is 120 Å². The third-order valence-corrected chi connectivity index (χ3v) is 6.90. The van der Waals surface area contributed by atoms with Crippen LogP contribution < -0.4 is 19.1 Å². The number of aromatic nitrogens is 2. The Bertz CT molecular complexity index is 1110. The maximum atomic E-state index is 12.2. The van der Waals surface area contributed by atoms with Crippen molar-refractivity contribution < 1.29 is 27.4 Å². The van der Waals surface area contributed by atoms with Gasteiger partial charge in [0.1, 0.15) is 17.7 Å². The average molecular weight is 495 g/mol. The number of esters is 1. The first-order valence-corrected chi connectivity index (χ1v) is 13.0. The summed E-state index contributed by atoms with van der Waals surface area (Å²) in [5, 5.41) is 0.897. The van der Waals surface area contributed by atoms with Gasteiger partial charge >= 0.3 is 5.97 Å². The van der Waals surface area contributed by atoms with Crippen molar-refractivity contribution >= 4 is 32.7 Å². The van der Waals surface area contributed by atoms with Gasteiger partial charge in [-0.2, -0.15) is 0 Å². The van der Waals surface area contributed by atoms with E-state index in [1.807, 2.05) is 12.1 Å². The Balaban J connectivity index is 1.54. The van der Waals surface area contributed by atoms with Crippen molar-refractivity contribution in [2.24, 2.45) is 5.92 Å². The minimum atomic E-state index is -3.72. The molecule has 2 heterocycles. The Hall–Kier alpha value is -2.66. The van der Waals surface area contributed by atoms with Crippen LogP contribution in [0, 0.1) is 5.92 Å². The van der Waals surface area contributed by atoms with E-state index in [1.54, 1.807) is 41.3 Å². The van der Waals surface area contributed by atoms with Gasteiger partial charge in [-0.05, 0) is 52.0 Å². The van der Waals surface area contributed by atoms with Crippen LogP contribution in [0.1, 0.15) is 40.0 Å². The number of carbonyl (C=O) groups is 1. The number of hydrogen-bond acceptors (Lipinski definition) is 9. The van der Waals surface area contributed by atoms with E-state index in [-0.39, 0.29) is 0 Å². The molecule has 11 heteroatoms. The molecule has 1 N–H and O–H groups in total. The van der Waals surface area contributed by atoms with E-state index >= 15 is 0 Å². The summed E-state index contributed by atoms with van der Waals surface area (Å²) < 4.78 is 42.8. The van der Waals surface area contributed by atoms with Gasteiger partial charge in [0.2, 0.25) is 10.0 Å². The van der Waals surface area contributed by atoms with Crippen LogP contribution in [0.4, 0.5) is 5.82 Å². The number of piperidine rings is 1. The summed E-state index contributed by atoms with van der Waals surface area (Å²) in [6.45, 7) is 7.01. The standard InChI is InChI=1S/C23H34N4O6S/c1-23(2,3)33-21(28)14-34(29,30)26-9-6-16-7-10-27(11-8-16)22-17-12-19(31-4)20(32-5)13-18(17)24-15-25-22/h12-13,15-16,26H,6-11,14H2,1-5H3. The number of methoxy groups -OCH3 is 2. The van der Waals surface area contributed by atoms with E-state index in [2.05, 4.69) is 19.6 Å². The normalized spacial score (nSPS) is 15.4. The quantitative estimate of drug-likeness (QED) is 0.524. The number of ether oxygens (including phenoxy) is 3. The van der Waals surface area contributed by atoms with Gasteiger partial charge in [-0.25, -0.2) is 23.1 Å². The lowest BCUT2D eigenvalue weighted by Gasteiger charge is -2.33. The Morgan fingerprint density at radius 1 is 1.12 bits per heavy atom. The van der Waals surface area contributed by atoms with Crippen molar-refractivity contribution in [3.8, 4) is 11.5 Å². The van der Waals surface area contributed by atoms with Crippen molar-refractivity contribution in [3.63, 3.8) is 0 Å². The van der Waals surface area contributed by atoms with Gasteiger partial charge < -0.3 is 19.1 Å². The van der Waals surface area contributed by atoms with E-state index in [1.165, 1.54) is 0 Å². The molecule has 1 saturated heterocycles. The third-order valence-electron chi connectivity index (χ3n) is 5.64. The maximum absolute atomic E-state index is 12.2. The van der Waals surface area contributed by atoms with Crippen LogP contribution in [0.3, 0.4) is 0 Å². The number of hydrogen-bond donors (Lipinski definition) is 1. The highest BCUT2D eigenvalue weighted by molar-refractivity contribution is 7.90. The van der Waals surface area contributed by atoms with Crippen LogP contribution >= 0.6 is 0 Å². The van der Waals surface area contributed by atoms with Crippen molar-refractivity contribution in [1.29, 1.82) is 0 Å². The van der Waals surface area contributed by atoms with E-state index in [4.69, 9.17) is 14.2 Å². The number of nitrogens with one attached hydrogen (secondary N) is 1. The maximum Gasteiger partial charge on any atom is 0.323 e. The summed E-state index contributed by atoms with van der Waals surface area (Å²) in [5.41, 5.74) is 0.0661. The van der Waals surface area contributed by atoms with Crippen molar-refractivity contribution in [2.75, 3.05) is 44.5 Å². The summed E-state index contributed by atoms with van der Waals surface area (Å²) in [4.78, 5) is 22.9. The molecule has 0 atom stereocenters. The first kappa shape index (κ1) is 26.0. The molecule has 34 heavy (non-hydrogen) atoms. The summed E-state index contributed by atoms with van der Waals surface area (Å²) in [6.07, 6.45) is 4.07. The molecule has 3 rings (SSSR count). The molecule has 0 radical (unpaired) electrons. The van der Waals surface area contributed by atoms with Gasteiger partial charge in [0.25, 0.3) is 0 Å². The molecule has 10 nitrogen and oxygen atoms in total. The number of benzene rings is 1. The number of anilines is 1. The van der Waals surface area contributed by atoms with Gasteiger partial charge in [-0.3, -0.25) is 4.79 Å². The molecule has 0 spiro atoms. The molecule has 188 valence electrons. The lowest BCUT2D eigenvalue weighted by atomic mass is 9.93. The molecule has 1 aliphatic rings. The van der Waals surface area contributed by atoms with Gasteiger partial charge in [-0.15, -0.1) is 0 Å². The molecule has 0 bridgehead atoms. The molecule has 1 aliphatic heterocycles. The molecule has 1 fully saturated rings. The number of sulfonamides is 1. The minimum Gasteiger partial charge on any atom is -0.493 e. The first-order valence-electron chi connectivity index (χ1n) is 11.3. The summed E-state index contributed by atoms with van der Waals surface area (Å²) >= 11 is 0. The highest BCUT2D eigenvalue weighted by atomic mass is 32.2. The highest BCUT2D eigenvalue weighted by Crippen LogP contribution is 2.35. The Morgan fingerprint density at radius 3 is 2.38 bits per heavy atom. The first-order chi connectivity index (χ1) is 16.0. The Labute approximate surface area is 201 Å². The Kier molecular flexibility index (Phi) is 8.19. The molecule has 2 aromatic rings. The zero-order chi connectivity index (χ0) is 24.9. The van der Waals surface area contributed by atoms with Gasteiger partial charge in [0.05, 0.1) is 19.7 Å². The Morgan fingerprint density at radius 2 is 1.76 bits per heavy atom. The van der Waals surface area contributed by atoms with E-state index in [0.717, 1.165) is 42.7 Å². The molecule has 0 aliphatic carbocycles. The number of nitrogens with zero attached hydrogens (tertiary/aromatic N) is 3. The van der Waals surface area contributed by atoms with Crippen molar-refractivity contribution in [3.05, 3.63) is 18.5 Å². The number of fused-ring (bicyclic) bond motifs is 1. The predicted octanol–water partition coefficient (Wildman–Crippen LogP) is 2.51. The summed E-state index contributed by atoms with van der Waals surface area (Å²) in [5.74, 6) is 1.05. The summed E-state index contributed by atoms with van der Waals surface area (Å²) in [6, 6.07) is 3.74. The molecular formula is C23H34N4O6S. The SMILES string of the molecule is COc1cc2ncnc(N3CCC(CCNS(=O)(=O)CC(=O)OC(C)(C)C)CC3)c2cc1OC. The highest BCUT2D eigenvalue weighted by Gasteiger charge is 2.25. The monoisotopic (exact) mass is 494 g/mol. The van der Waals surface area contributed by atoms with Crippen LogP contribution in [0.15, 0.2) is 18.5 Å². The van der Waals surface area contributed by atoms with Crippen molar-refractivity contribution in [1.82, 2.24) is 14.7 Å². The van der Waals surface area contributed by atoms with Crippen LogP contribution in [-0.2, 0) is 19.6 Å². The van der Waals surface area contributed by atoms with E-state index in [9.17, 15) is 13.2 Å². The van der Waals surface area contributed by atoms with Gasteiger partial charge in [0, 0.05) is 31.1 Å². The number of rotatable bonds is 9. The second-order valence-corrected chi connectivity index (χ2v) is 11.2. The van der Waals surface area contributed by atoms with E-state index < -0.39 is 27.3 Å². The zero-order valence-electron chi connectivity index (χ0n) is 20.5. The predicted molar refractivity (Wildman–Crippen MR) is 130 cm³/mol. The molecule has 0 saturated carbocycles. The smallest absolute Gasteiger partial charge is 0.323 e. The van der Waals surface area contributed by atoms with Gasteiger partial charge in [0.15, 0.2) is 17.3 Å². The molecule has 1 aromatic carbocycles. The van der Waals surface area contributed by atoms with Gasteiger partial charge in [-0.1, -0.05) is 0 Å². The van der Waals surface area contributed by atoms with Crippen LogP contribution in [0.5, 0.6) is 11.5 Å². The lowest BCUT2D eigenvalue weighted by molar-refractivity contribution is -0.151. The fourth-order valence-electron chi connectivity index (χ4n) is 4.05. The second kappa shape index (κ2) is 10.7. The molecule has 0 amide bonds. The fourth-order valence-corrected chi connectivity index (χ4v) is 4.95. The second-order valence-electron chi connectivity index (χ2n) is 9.38. The van der Waals surface area contributed by atoms with Crippen LogP contribution in [-0.4, -0.2) is 69.6 Å². The van der Waals surface area contributed by atoms with Crippen LogP contribution in [0.25, 0.3) is 10.9 Å². The van der Waals surface area contributed by atoms with Crippen molar-refractivity contribution in [2.45, 2.75) is 45.6 Å². The van der Waals surface area contributed by atoms with E-state index in [0.29, 0.717) is 30.4 Å². The molecule has 0 unspecified atom stereocenters. The largest absolute Gasteiger partial charge is 0.493 e. The molecule has 1 aromatic heterocycles. The lowest BCUT2D eigenvalue weighted by Crippen LogP contribution is -2.37. The van der Waals surface area contributed by atoms with Crippen LogP contribution in [0.2, 0.25) is 0 Å². The molecular weight excluding hydrogens is 460 g/mol.